The number of nitrogens with one attached hydrogen (secondary N) is 2. The van der Waals surface area contributed by atoms with Gasteiger partial charge in [-0.3, -0.25) is 10.1 Å². The fraction of sp³-hybridized carbons (Fsp3) is 0.150. The Morgan fingerprint density at radius 1 is 0.964 bits per heavy atom. The average Bonchev–Trinajstić information content (AvgIpc) is 2.68. The van der Waals surface area contributed by atoms with Gasteiger partial charge in [0.05, 0.1) is 6.61 Å². The molecule has 0 atom stereocenters. The molecule has 8 nitrogen and oxygen atoms in total. The third-order valence-electron chi connectivity index (χ3n) is 3.77. The fourth-order valence-electron chi connectivity index (χ4n) is 2.47. The van der Waals surface area contributed by atoms with Gasteiger partial charge in [0.2, 0.25) is 0 Å². The molecule has 0 bridgehead atoms. The van der Waals surface area contributed by atoms with Gasteiger partial charge in [-0.05, 0) is 30.3 Å². The molecular formula is C20H18N2O6. The Morgan fingerprint density at radius 3 is 2.50 bits per heavy atom. The average molecular weight is 382 g/mol. The fourth-order valence-corrected chi connectivity index (χ4v) is 2.47. The van der Waals surface area contributed by atoms with Crippen LogP contribution in [0.1, 0.15) is 10.4 Å². The van der Waals surface area contributed by atoms with Crippen molar-refractivity contribution in [3.63, 3.8) is 0 Å². The first-order valence-electron chi connectivity index (χ1n) is 8.44. The number of fused-ring (bicyclic) bond motifs is 1. The van der Waals surface area contributed by atoms with Crippen LogP contribution in [0.4, 0.5) is 16.2 Å². The van der Waals surface area contributed by atoms with E-state index in [9.17, 15) is 14.4 Å². The highest BCUT2D eigenvalue weighted by molar-refractivity contribution is 6.05. The minimum absolute atomic E-state index is 0.115. The number of anilines is 2. The number of benzene rings is 2. The van der Waals surface area contributed by atoms with Gasteiger partial charge in [0.15, 0.2) is 0 Å². The minimum Gasteiger partial charge on any atom is -0.447 e. The van der Waals surface area contributed by atoms with Crippen molar-refractivity contribution in [2.24, 2.45) is 0 Å². The zero-order valence-electron chi connectivity index (χ0n) is 15.1. The second-order valence-electron chi connectivity index (χ2n) is 5.77. The van der Waals surface area contributed by atoms with Gasteiger partial charge in [0, 0.05) is 23.9 Å². The quantitative estimate of drug-likeness (QED) is 0.501. The van der Waals surface area contributed by atoms with Gasteiger partial charge in [-0.2, -0.15) is 0 Å². The molecule has 3 rings (SSSR count). The molecule has 1 heterocycles. The van der Waals surface area contributed by atoms with E-state index in [1.807, 2.05) is 0 Å². The molecule has 3 aromatic rings. The maximum absolute atomic E-state index is 12.5. The number of amides is 2. The molecule has 2 N–H and O–H groups in total. The van der Waals surface area contributed by atoms with E-state index in [2.05, 4.69) is 10.6 Å². The van der Waals surface area contributed by atoms with Crippen LogP contribution in [0.2, 0.25) is 0 Å². The van der Waals surface area contributed by atoms with Gasteiger partial charge in [-0.15, -0.1) is 0 Å². The van der Waals surface area contributed by atoms with Crippen molar-refractivity contribution in [2.75, 3.05) is 31.0 Å². The number of carbonyl (C=O) groups is 2. The Bertz CT molecular complexity index is 1060. The molecule has 0 aliphatic carbocycles. The van der Waals surface area contributed by atoms with E-state index < -0.39 is 17.6 Å². The maximum Gasteiger partial charge on any atom is 0.411 e. The predicted octanol–water partition coefficient (Wildman–Crippen LogP) is 3.24. The molecule has 0 radical (unpaired) electrons. The van der Waals surface area contributed by atoms with Crippen LogP contribution in [0.15, 0.2) is 63.8 Å². The second-order valence-corrected chi connectivity index (χ2v) is 5.77. The molecule has 0 saturated heterocycles. The van der Waals surface area contributed by atoms with E-state index in [4.69, 9.17) is 13.9 Å². The van der Waals surface area contributed by atoms with E-state index >= 15 is 0 Å². The summed E-state index contributed by atoms with van der Waals surface area (Å²) in [6, 6.07) is 14.8. The molecule has 28 heavy (non-hydrogen) atoms. The number of ether oxygens (including phenoxy) is 2. The summed E-state index contributed by atoms with van der Waals surface area (Å²) in [7, 11) is 1.50. The molecule has 0 aliphatic rings. The van der Waals surface area contributed by atoms with E-state index in [0.29, 0.717) is 22.3 Å². The first kappa shape index (κ1) is 19.1. The molecule has 0 fully saturated rings. The third-order valence-corrected chi connectivity index (χ3v) is 3.77. The maximum atomic E-state index is 12.5. The second kappa shape index (κ2) is 8.83. The van der Waals surface area contributed by atoms with Gasteiger partial charge < -0.3 is 19.2 Å². The predicted molar refractivity (Wildman–Crippen MR) is 104 cm³/mol. The molecule has 0 spiro atoms. The van der Waals surface area contributed by atoms with Gasteiger partial charge in [-0.1, -0.05) is 24.3 Å². The Hall–Kier alpha value is -3.65. The van der Waals surface area contributed by atoms with Crippen molar-refractivity contribution in [2.45, 2.75) is 0 Å². The highest BCUT2D eigenvalue weighted by Crippen LogP contribution is 2.17. The molecule has 0 aliphatic heterocycles. The number of hydrogen-bond acceptors (Lipinski definition) is 6. The van der Waals surface area contributed by atoms with Gasteiger partial charge in [0.1, 0.15) is 17.8 Å². The lowest BCUT2D eigenvalue weighted by Crippen LogP contribution is -2.21. The third kappa shape index (κ3) is 4.74. The van der Waals surface area contributed by atoms with Gasteiger partial charge in [-0.25, -0.2) is 9.59 Å². The lowest BCUT2D eigenvalue weighted by molar-refractivity contribution is 0.102. The molecule has 0 saturated carbocycles. The highest BCUT2D eigenvalue weighted by Gasteiger charge is 2.14. The number of carbonyl (C=O) groups excluding carboxylic acids is 2. The smallest absolute Gasteiger partial charge is 0.411 e. The molecule has 0 unspecified atom stereocenters. The van der Waals surface area contributed by atoms with Crippen LogP contribution in [0.3, 0.4) is 0 Å². The summed E-state index contributed by atoms with van der Waals surface area (Å²) >= 11 is 0. The van der Waals surface area contributed by atoms with Crippen molar-refractivity contribution in [1.82, 2.24) is 0 Å². The Kier molecular flexibility index (Phi) is 6.03. The SMILES string of the molecule is COCCOC(=O)Nc1cccc(NC(=O)c2cc3ccccc3oc2=O)c1. The normalized spacial score (nSPS) is 10.5. The minimum atomic E-state index is -0.729. The topological polar surface area (TPSA) is 107 Å². The van der Waals surface area contributed by atoms with Crippen LogP contribution in [0.25, 0.3) is 11.0 Å². The highest BCUT2D eigenvalue weighted by atomic mass is 16.6. The lowest BCUT2D eigenvalue weighted by atomic mass is 10.1. The van der Waals surface area contributed by atoms with Crippen LogP contribution < -0.4 is 16.3 Å². The van der Waals surface area contributed by atoms with Crippen molar-refractivity contribution >= 4 is 34.3 Å². The molecule has 2 amide bonds. The summed E-state index contributed by atoms with van der Waals surface area (Å²) in [5.41, 5.74) is 0.378. The van der Waals surface area contributed by atoms with Crippen LogP contribution in [0.5, 0.6) is 0 Å². The van der Waals surface area contributed by atoms with E-state index in [-0.39, 0.29) is 18.8 Å². The first-order chi connectivity index (χ1) is 13.6. The number of methoxy groups -OCH3 is 1. The summed E-state index contributed by atoms with van der Waals surface area (Å²) in [6.07, 6.45) is -0.643. The largest absolute Gasteiger partial charge is 0.447 e. The number of rotatable bonds is 6. The van der Waals surface area contributed by atoms with Gasteiger partial charge >= 0.3 is 11.7 Å². The Labute approximate surface area is 160 Å². The zero-order chi connectivity index (χ0) is 19.9. The lowest BCUT2D eigenvalue weighted by Gasteiger charge is -2.09. The summed E-state index contributed by atoms with van der Waals surface area (Å²) in [5.74, 6) is -0.612. The van der Waals surface area contributed by atoms with Gasteiger partial charge in [0.25, 0.3) is 5.91 Å². The van der Waals surface area contributed by atoms with Crippen LogP contribution in [0, 0.1) is 0 Å². The summed E-state index contributed by atoms with van der Waals surface area (Å²) in [4.78, 5) is 36.3. The van der Waals surface area contributed by atoms with Crippen molar-refractivity contribution in [1.29, 1.82) is 0 Å². The number of para-hydroxylation sites is 1. The monoisotopic (exact) mass is 382 g/mol. The molecule has 1 aromatic heterocycles. The van der Waals surface area contributed by atoms with Crippen LogP contribution >= 0.6 is 0 Å². The number of hydrogen-bond donors (Lipinski definition) is 2. The molecular weight excluding hydrogens is 364 g/mol. The van der Waals surface area contributed by atoms with E-state index in [1.54, 1.807) is 42.5 Å². The van der Waals surface area contributed by atoms with Crippen molar-refractivity contribution in [3.8, 4) is 0 Å². The molecule has 2 aromatic carbocycles. The zero-order valence-corrected chi connectivity index (χ0v) is 15.1. The van der Waals surface area contributed by atoms with Crippen molar-refractivity contribution in [3.05, 3.63) is 70.6 Å². The summed E-state index contributed by atoms with van der Waals surface area (Å²) in [5, 5.41) is 5.80. The standard InChI is InChI=1S/C20H18N2O6/c1-26-9-10-27-20(25)22-15-7-4-6-14(12-15)21-18(23)16-11-13-5-2-3-8-17(13)28-19(16)24/h2-8,11-12H,9-10H2,1H3,(H,21,23)(H,22,25). The van der Waals surface area contributed by atoms with Crippen LogP contribution in [-0.4, -0.2) is 32.3 Å². The Morgan fingerprint density at radius 2 is 1.71 bits per heavy atom. The summed E-state index contributed by atoms with van der Waals surface area (Å²) in [6.45, 7) is 0.411. The van der Waals surface area contributed by atoms with Crippen LogP contribution in [-0.2, 0) is 9.47 Å². The Balaban J connectivity index is 1.72. The molecule has 8 heteroatoms. The molecule has 144 valence electrons. The van der Waals surface area contributed by atoms with E-state index in [0.717, 1.165) is 0 Å². The summed E-state index contributed by atoms with van der Waals surface area (Å²) < 4.78 is 14.9. The first-order valence-corrected chi connectivity index (χ1v) is 8.44. The van der Waals surface area contributed by atoms with Crippen molar-refractivity contribution < 1.29 is 23.5 Å². The van der Waals surface area contributed by atoms with E-state index in [1.165, 1.54) is 19.2 Å².